The van der Waals surface area contributed by atoms with Gasteiger partial charge in [0.1, 0.15) is 0 Å². The molecule has 6 N–H and O–H groups in total. The smallest absolute Gasteiger partial charge is 0.323 e. The van der Waals surface area contributed by atoms with E-state index in [1.54, 1.807) is 36.4 Å². The molecule has 12 heteroatoms. The van der Waals surface area contributed by atoms with Crippen molar-refractivity contribution in [2.45, 2.75) is 143 Å². The summed E-state index contributed by atoms with van der Waals surface area (Å²) in [6.07, 6.45) is 0. The first-order valence-corrected chi connectivity index (χ1v) is 25.1. The van der Waals surface area contributed by atoms with E-state index in [2.05, 4.69) is 165 Å². The van der Waals surface area contributed by atoms with Crippen LogP contribution in [0.25, 0.3) is 66.6 Å². The van der Waals surface area contributed by atoms with E-state index in [4.69, 9.17) is 13.3 Å². The summed E-state index contributed by atoms with van der Waals surface area (Å²) in [4.78, 5) is 62.4. The summed E-state index contributed by atoms with van der Waals surface area (Å²) in [7, 11) is 0. The van der Waals surface area contributed by atoms with E-state index in [0.29, 0.717) is 66.6 Å². The number of hydrogen-bond donors (Lipinski definition) is 6. The van der Waals surface area contributed by atoms with Gasteiger partial charge in [0.2, 0.25) is 0 Å². The van der Waals surface area contributed by atoms with E-state index in [1.807, 2.05) is 36.4 Å². The van der Waals surface area contributed by atoms with Crippen LogP contribution in [0.15, 0.2) is 125 Å². The number of H-pyrrole nitrogens is 6. The maximum atomic E-state index is 14.9. The van der Waals surface area contributed by atoms with E-state index in [0.717, 1.165) is 44.5 Å². The van der Waals surface area contributed by atoms with Gasteiger partial charge in [0, 0.05) is 33.1 Å². The molecule has 0 fully saturated rings. The molecule has 0 spiro atoms. The van der Waals surface area contributed by atoms with Crippen molar-refractivity contribution in [3.05, 3.63) is 173 Å². The van der Waals surface area contributed by atoms with Gasteiger partial charge >= 0.3 is 17.1 Å². The monoisotopic (exact) mass is 983 g/mol. The Hall–Kier alpha value is -7.47. The molecule has 9 rings (SSSR count). The number of aromatic amines is 6. The Labute approximate surface area is 424 Å². The highest BCUT2D eigenvalue weighted by Gasteiger charge is 2.37. The van der Waals surface area contributed by atoms with Crippen LogP contribution in [-0.4, -0.2) is 29.9 Å². The number of rotatable bonds is 0. The highest BCUT2D eigenvalue weighted by molar-refractivity contribution is 5.89. The van der Waals surface area contributed by atoms with Crippen LogP contribution in [-0.2, 0) is 32.5 Å². The topological polar surface area (TPSA) is 185 Å². The molecule has 4 bridgehead atoms. The average Bonchev–Trinajstić information content (AvgIpc) is 3.27. The number of hydrogen-bond acceptors (Lipinski definition) is 6. The number of nitrogens with one attached hydrogen (secondary N) is 6. The summed E-state index contributed by atoms with van der Waals surface area (Å²) < 4.78 is 20.6. The fourth-order valence-corrected chi connectivity index (χ4v) is 9.67. The average molecular weight is 983 g/mol. The maximum absolute atomic E-state index is 14.9. The third kappa shape index (κ3) is 9.55. The molecule has 0 aliphatic carbocycles. The summed E-state index contributed by atoms with van der Waals surface area (Å²) in [6, 6.07) is 30.7. The van der Waals surface area contributed by atoms with Crippen molar-refractivity contribution in [3.63, 3.8) is 0 Å². The van der Waals surface area contributed by atoms with Gasteiger partial charge in [0.05, 0.1) is 33.1 Å². The van der Waals surface area contributed by atoms with E-state index in [-0.39, 0.29) is 21.7 Å². The quantitative estimate of drug-likeness (QED) is 0.0878. The van der Waals surface area contributed by atoms with Crippen LogP contribution in [0.3, 0.4) is 0 Å². The fraction of sp³-hybridized carbons (Fsp3) is 0.361. The highest BCUT2D eigenvalue weighted by Crippen LogP contribution is 2.47. The van der Waals surface area contributed by atoms with E-state index >= 15 is 0 Å². The van der Waals surface area contributed by atoms with Gasteiger partial charge < -0.3 is 43.2 Å². The fourth-order valence-electron chi connectivity index (χ4n) is 9.67. The van der Waals surface area contributed by atoms with Crippen LogP contribution in [0.5, 0.6) is 0 Å². The molecule has 0 atom stereocenters. The Morgan fingerprint density at radius 1 is 0.329 bits per heavy atom. The second-order valence-electron chi connectivity index (χ2n) is 24.9. The van der Waals surface area contributed by atoms with Crippen molar-refractivity contribution in [2.24, 2.45) is 0 Å². The van der Waals surface area contributed by atoms with E-state index in [1.165, 1.54) is 0 Å². The lowest BCUT2D eigenvalue weighted by Crippen LogP contribution is -2.25. The standard InChI is InChI=1S/C61H70N6O6/c1-56(2,3)33-25-37-49-43(29-33)64-53(68)62-41-21-17-19-23-47(41)71-48-24-20-18-22-42(48)63-54(69)65-44-30-34(57(4,5)6)26-38-50(44)73-52-40(61(38,15)16)28-36(59(10,11)12)32-46(52)67-55(70)66-45-31-35(58(7,8)9)27-39(51(45)72-49)60(37,13)14/h17-32H,1-16H3,(H2,62,64,68)(H2,63,65,69)(H2,66,67,70). The zero-order chi connectivity index (χ0) is 53.0. The lowest BCUT2D eigenvalue weighted by Gasteiger charge is -2.33. The number of fused-ring (bicyclic) bond motifs is 2. The largest absolute Gasteiger partial charge is 0.453 e. The molecule has 2 aliphatic heterocycles. The van der Waals surface area contributed by atoms with Gasteiger partial charge in [-0.3, -0.25) is 0 Å². The Morgan fingerprint density at radius 2 is 0.562 bits per heavy atom. The molecule has 73 heavy (non-hydrogen) atoms. The lowest BCUT2D eigenvalue weighted by atomic mass is 9.72. The molecule has 3 heterocycles. The molecule has 12 nitrogen and oxygen atoms in total. The molecule has 0 radical (unpaired) electrons. The number of aromatic nitrogens is 6. The Balaban J connectivity index is 1.57. The van der Waals surface area contributed by atoms with Crippen molar-refractivity contribution in [1.82, 2.24) is 29.9 Å². The molecule has 7 aromatic rings. The maximum Gasteiger partial charge on any atom is 0.323 e. The van der Waals surface area contributed by atoms with Crippen molar-refractivity contribution >= 4 is 66.6 Å². The van der Waals surface area contributed by atoms with Gasteiger partial charge in [-0.2, -0.15) is 0 Å². The molecule has 6 aromatic carbocycles. The number of benzene rings is 6. The van der Waals surface area contributed by atoms with Crippen LogP contribution < -0.4 is 17.1 Å². The van der Waals surface area contributed by atoms with Gasteiger partial charge in [-0.1, -0.05) is 159 Å². The third-order valence-electron chi connectivity index (χ3n) is 14.4. The molecular formula is C61H70N6O6. The van der Waals surface area contributed by atoms with Gasteiger partial charge in [-0.05, 0) is 92.4 Å². The summed E-state index contributed by atoms with van der Waals surface area (Å²) >= 11 is 0. The first-order chi connectivity index (χ1) is 33.9. The van der Waals surface area contributed by atoms with Gasteiger partial charge in [-0.25, -0.2) is 14.4 Å². The summed E-state index contributed by atoms with van der Waals surface area (Å²) in [6.45, 7) is 34.3. The normalized spacial score (nSPS) is 14.4. The molecule has 2 aliphatic rings. The predicted octanol–water partition coefficient (Wildman–Crippen LogP) is 14.6. The van der Waals surface area contributed by atoms with E-state index < -0.39 is 27.9 Å². The van der Waals surface area contributed by atoms with Crippen molar-refractivity contribution in [2.75, 3.05) is 0 Å². The lowest BCUT2D eigenvalue weighted by molar-refractivity contribution is 0.542. The Bertz CT molecular complexity index is 3790. The molecule has 0 saturated heterocycles. The second kappa shape index (κ2) is 17.3. The zero-order valence-electron chi connectivity index (χ0n) is 45.2. The van der Waals surface area contributed by atoms with Crippen molar-refractivity contribution in [1.29, 1.82) is 0 Å². The molecule has 380 valence electrons. The molecular weight excluding hydrogens is 913 g/mol. The summed E-state index contributed by atoms with van der Waals surface area (Å²) in [5, 5.41) is 0. The minimum atomic E-state index is -0.676. The first-order valence-electron chi connectivity index (χ1n) is 25.1. The minimum absolute atomic E-state index is 0.309. The molecule has 0 saturated carbocycles. The second-order valence-corrected chi connectivity index (χ2v) is 24.9. The Morgan fingerprint density at radius 3 is 0.808 bits per heavy atom. The molecule has 0 unspecified atom stereocenters. The van der Waals surface area contributed by atoms with Gasteiger partial charge in [0.15, 0.2) is 33.5 Å². The van der Waals surface area contributed by atoms with Crippen molar-refractivity contribution in [3.8, 4) is 0 Å². The van der Waals surface area contributed by atoms with E-state index in [9.17, 15) is 14.4 Å². The first kappa shape index (κ1) is 50.5. The highest BCUT2D eigenvalue weighted by atomic mass is 16.3. The SMILES string of the molecule is CC(C)(C)c1cc2c3oc4c(cc(C(C)(C)C)cc4[nH]c(=O)[nH]c4cc(C(C)(C)C)cc5c4oc4c(cc(C(C)(C)C)cc4[nH]c(=O)[nH]c4ccccc4oc4ccccc4[nH]c(=O)[nH]c3c1)C5(C)C)C2(C)C. The van der Waals surface area contributed by atoms with Crippen LogP contribution in [0, 0.1) is 0 Å². The van der Waals surface area contributed by atoms with Crippen LogP contribution in [0.1, 0.15) is 155 Å². The third-order valence-corrected chi connectivity index (χ3v) is 14.4. The zero-order valence-corrected chi connectivity index (χ0v) is 45.2. The molecule has 1 aromatic heterocycles. The van der Waals surface area contributed by atoms with Gasteiger partial charge in [0.25, 0.3) is 0 Å². The van der Waals surface area contributed by atoms with Crippen LogP contribution >= 0.6 is 0 Å². The summed E-state index contributed by atoms with van der Waals surface area (Å²) in [5.74, 6) is 0. The number of para-hydroxylation sites is 4. The minimum Gasteiger partial charge on any atom is -0.453 e. The predicted molar refractivity (Wildman–Crippen MR) is 298 cm³/mol. The summed E-state index contributed by atoms with van der Waals surface area (Å²) in [5.41, 5.74) is 8.37. The van der Waals surface area contributed by atoms with Crippen molar-refractivity contribution < 1.29 is 13.3 Å². The van der Waals surface area contributed by atoms with Crippen LogP contribution in [0.4, 0.5) is 0 Å². The Kier molecular flexibility index (Phi) is 12.0. The van der Waals surface area contributed by atoms with Crippen LogP contribution in [0.2, 0.25) is 0 Å². The molecule has 0 amide bonds. The van der Waals surface area contributed by atoms with Gasteiger partial charge in [-0.15, -0.1) is 0 Å².